The van der Waals surface area contributed by atoms with Gasteiger partial charge in [0.05, 0.1) is 24.9 Å². The van der Waals surface area contributed by atoms with Gasteiger partial charge in [0.2, 0.25) is 0 Å². The number of rotatable bonds is 3. The molecule has 0 amide bonds. The lowest BCUT2D eigenvalue weighted by Crippen LogP contribution is -2.42. The summed E-state index contributed by atoms with van der Waals surface area (Å²) in [5.41, 5.74) is -0.108. The van der Waals surface area contributed by atoms with Crippen molar-refractivity contribution in [3.05, 3.63) is 0 Å². The Labute approximate surface area is 87.7 Å². The molecule has 0 bridgehead atoms. The Morgan fingerprint density at radius 1 is 1.36 bits per heavy atom. The van der Waals surface area contributed by atoms with Crippen molar-refractivity contribution in [2.45, 2.75) is 45.8 Å². The van der Waals surface area contributed by atoms with Gasteiger partial charge in [0.25, 0.3) is 0 Å². The molecule has 0 aliphatic carbocycles. The van der Waals surface area contributed by atoms with E-state index in [1.807, 2.05) is 27.7 Å². The number of hydrogen-bond donors (Lipinski definition) is 0. The van der Waals surface area contributed by atoms with Crippen LogP contribution in [0.5, 0.6) is 0 Å². The Hall–Kier alpha value is -0.120. The van der Waals surface area contributed by atoms with Crippen LogP contribution in [-0.4, -0.2) is 38.6 Å². The minimum absolute atomic E-state index is 0.108. The average Bonchev–Trinajstić information content (AvgIpc) is 2.19. The second kappa shape index (κ2) is 7.21. The van der Waals surface area contributed by atoms with Crippen LogP contribution < -0.4 is 0 Å². The monoisotopic (exact) mass is 204 g/mol. The molecular weight excluding hydrogens is 180 g/mol. The van der Waals surface area contributed by atoms with E-state index in [9.17, 15) is 0 Å². The number of methoxy groups -OCH3 is 1. The first-order valence-corrected chi connectivity index (χ1v) is 5.38. The summed E-state index contributed by atoms with van der Waals surface area (Å²) in [5, 5.41) is 0. The molecule has 1 atom stereocenters. The molecule has 0 aromatic rings. The fourth-order valence-corrected chi connectivity index (χ4v) is 1.14. The predicted molar refractivity (Wildman–Crippen MR) is 57.6 cm³/mol. The molecule has 0 aromatic carbocycles. The van der Waals surface area contributed by atoms with E-state index in [0.717, 1.165) is 13.0 Å². The summed E-state index contributed by atoms with van der Waals surface area (Å²) < 4.78 is 16.1. The van der Waals surface area contributed by atoms with Crippen LogP contribution in [0.4, 0.5) is 0 Å². The summed E-state index contributed by atoms with van der Waals surface area (Å²) in [6.45, 7) is 10.2. The maximum atomic E-state index is 5.59. The second-order valence-corrected chi connectivity index (χ2v) is 3.79. The highest BCUT2D eigenvalue weighted by atomic mass is 16.6. The van der Waals surface area contributed by atoms with Gasteiger partial charge < -0.3 is 14.2 Å². The highest BCUT2D eigenvalue weighted by Crippen LogP contribution is 2.18. The molecule has 1 saturated heterocycles. The maximum Gasteiger partial charge on any atom is 0.0860 e. The molecule has 1 aliphatic rings. The number of hydrogen-bond acceptors (Lipinski definition) is 3. The lowest BCUT2D eigenvalue weighted by Gasteiger charge is -2.34. The summed E-state index contributed by atoms with van der Waals surface area (Å²) in [6.07, 6.45) is 1.14. The Kier molecular flexibility index (Phi) is 7.15. The van der Waals surface area contributed by atoms with E-state index in [-0.39, 0.29) is 11.7 Å². The molecule has 0 saturated carbocycles. The quantitative estimate of drug-likeness (QED) is 0.705. The smallest absolute Gasteiger partial charge is 0.0860 e. The van der Waals surface area contributed by atoms with Gasteiger partial charge in [0.15, 0.2) is 0 Å². The summed E-state index contributed by atoms with van der Waals surface area (Å²) in [6, 6.07) is 0. The molecule has 1 fully saturated rings. The van der Waals surface area contributed by atoms with E-state index in [2.05, 4.69) is 0 Å². The Bertz CT molecular complexity index is 124. The van der Waals surface area contributed by atoms with E-state index in [4.69, 9.17) is 14.2 Å². The van der Waals surface area contributed by atoms with Crippen molar-refractivity contribution in [2.24, 2.45) is 0 Å². The Balaban J connectivity index is 0.000000791. The summed E-state index contributed by atoms with van der Waals surface area (Å²) in [7, 11) is 1.70. The minimum atomic E-state index is -0.108. The first-order valence-electron chi connectivity index (χ1n) is 5.38. The molecule has 1 rings (SSSR count). The molecule has 1 aliphatic heterocycles. The topological polar surface area (TPSA) is 27.7 Å². The Morgan fingerprint density at radius 3 is 2.43 bits per heavy atom. The molecule has 1 heterocycles. The van der Waals surface area contributed by atoms with Gasteiger partial charge in [-0.25, -0.2) is 0 Å². The fourth-order valence-electron chi connectivity index (χ4n) is 1.14. The lowest BCUT2D eigenvalue weighted by molar-refractivity contribution is -0.178. The minimum Gasteiger partial charge on any atom is -0.385 e. The summed E-state index contributed by atoms with van der Waals surface area (Å²) in [5.74, 6) is 0. The maximum absolute atomic E-state index is 5.59. The third-order valence-electron chi connectivity index (χ3n) is 1.97. The van der Waals surface area contributed by atoms with Crippen LogP contribution >= 0.6 is 0 Å². The average molecular weight is 204 g/mol. The van der Waals surface area contributed by atoms with Crippen LogP contribution in [0.2, 0.25) is 0 Å². The number of ether oxygens (including phenoxy) is 3. The molecule has 3 heteroatoms. The second-order valence-electron chi connectivity index (χ2n) is 3.79. The predicted octanol–water partition coefficient (Wildman–Crippen LogP) is 2.24. The van der Waals surface area contributed by atoms with Gasteiger partial charge in [-0.2, -0.15) is 0 Å². The third-order valence-corrected chi connectivity index (χ3v) is 1.97. The zero-order valence-electron chi connectivity index (χ0n) is 10.1. The lowest BCUT2D eigenvalue weighted by atomic mass is 10.1. The molecule has 14 heavy (non-hydrogen) atoms. The van der Waals surface area contributed by atoms with Crippen LogP contribution in [-0.2, 0) is 14.2 Å². The van der Waals surface area contributed by atoms with Gasteiger partial charge in [-0.15, -0.1) is 0 Å². The van der Waals surface area contributed by atoms with Crippen LogP contribution in [0.3, 0.4) is 0 Å². The first-order chi connectivity index (χ1) is 6.64. The molecule has 86 valence electrons. The van der Waals surface area contributed by atoms with Crippen LogP contribution in [0.1, 0.15) is 34.1 Å². The molecule has 3 nitrogen and oxygen atoms in total. The van der Waals surface area contributed by atoms with Crippen molar-refractivity contribution >= 4 is 0 Å². The van der Waals surface area contributed by atoms with Crippen molar-refractivity contribution in [1.82, 2.24) is 0 Å². The molecule has 0 aromatic heterocycles. The van der Waals surface area contributed by atoms with Crippen molar-refractivity contribution in [3.8, 4) is 0 Å². The Morgan fingerprint density at radius 2 is 2.00 bits per heavy atom. The van der Waals surface area contributed by atoms with Crippen molar-refractivity contribution in [2.75, 3.05) is 26.9 Å². The standard InChI is InChI=1S/C9H18O3.C2H6/c1-9(2)7-11-8(6-12-9)4-5-10-3;1-2/h8H,4-7H2,1-3H3;1-2H3. The molecule has 0 spiro atoms. The van der Waals surface area contributed by atoms with Gasteiger partial charge in [0.1, 0.15) is 0 Å². The zero-order chi connectivity index (χ0) is 11.0. The van der Waals surface area contributed by atoms with Crippen molar-refractivity contribution in [1.29, 1.82) is 0 Å². The van der Waals surface area contributed by atoms with Crippen LogP contribution in [0.25, 0.3) is 0 Å². The normalized spacial score (nSPS) is 25.1. The van der Waals surface area contributed by atoms with Gasteiger partial charge in [-0.1, -0.05) is 13.8 Å². The molecule has 0 N–H and O–H groups in total. The van der Waals surface area contributed by atoms with Gasteiger partial charge in [0, 0.05) is 13.7 Å². The third kappa shape index (κ3) is 5.58. The summed E-state index contributed by atoms with van der Waals surface area (Å²) >= 11 is 0. The van der Waals surface area contributed by atoms with Crippen molar-refractivity contribution in [3.63, 3.8) is 0 Å². The highest BCUT2D eigenvalue weighted by Gasteiger charge is 2.27. The van der Waals surface area contributed by atoms with Gasteiger partial charge >= 0.3 is 0 Å². The summed E-state index contributed by atoms with van der Waals surface area (Å²) in [4.78, 5) is 0. The highest BCUT2D eigenvalue weighted by molar-refractivity contribution is 4.74. The fraction of sp³-hybridized carbons (Fsp3) is 1.00. The van der Waals surface area contributed by atoms with E-state index in [0.29, 0.717) is 13.2 Å². The first kappa shape index (κ1) is 13.9. The SMILES string of the molecule is CC.COCCC1COC(C)(C)CO1. The van der Waals surface area contributed by atoms with E-state index < -0.39 is 0 Å². The largest absolute Gasteiger partial charge is 0.385 e. The van der Waals surface area contributed by atoms with E-state index >= 15 is 0 Å². The van der Waals surface area contributed by atoms with E-state index in [1.165, 1.54) is 0 Å². The van der Waals surface area contributed by atoms with Crippen LogP contribution in [0, 0.1) is 0 Å². The van der Waals surface area contributed by atoms with Gasteiger partial charge in [-0.05, 0) is 20.3 Å². The zero-order valence-corrected chi connectivity index (χ0v) is 10.1. The molecule has 0 radical (unpaired) electrons. The molecular formula is C11H24O3. The van der Waals surface area contributed by atoms with E-state index in [1.54, 1.807) is 7.11 Å². The molecule has 1 unspecified atom stereocenters. The van der Waals surface area contributed by atoms with Crippen LogP contribution in [0.15, 0.2) is 0 Å². The van der Waals surface area contributed by atoms with Crippen molar-refractivity contribution < 1.29 is 14.2 Å². The van der Waals surface area contributed by atoms with Gasteiger partial charge in [-0.3, -0.25) is 0 Å².